The van der Waals surface area contributed by atoms with Crippen molar-refractivity contribution in [3.63, 3.8) is 0 Å². The van der Waals surface area contributed by atoms with E-state index in [2.05, 4.69) is 6.42 Å². The van der Waals surface area contributed by atoms with Crippen LogP contribution < -0.4 is 0 Å². The minimum absolute atomic E-state index is 0.517. The minimum Gasteiger partial charge on any atom is -0.378 e. The first-order chi connectivity index (χ1) is 5.97. The van der Waals surface area contributed by atoms with Crippen LogP contribution >= 0.6 is 0 Å². The van der Waals surface area contributed by atoms with E-state index in [0.717, 1.165) is 12.5 Å². The van der Waals surface area contributed by atoms with Crippen molar-refractivity contribution in [2.45, 2.75) is 51.0 Å². The molecule has 0 spiro atoms. The zero-order chi connectivity index (χ0) is 8.23. The van der Waals surface area contributed by atoms with Gasteiger partial charge in [-0.05, 0) is 31.6 Å². The van der Waals surface area contributed by atoms with Gasteiger partial charge in [0.2, 0.25) is 0 Å². The Morgan fingerprint density at radius 2 is 1.75 bits per heavy atom. The average molecular weight is 167 g/mol. The van der Waals surface area contributed by atoms with Crippen LogP contribution in [0.1, 0.15) is 44.9 Å². The summed E-state index contributed by atoms with van der Waals surface area (Å²) in [7, 11) is 0. The van der Waals surface area contributed by atoms with Crippen molar-refractivity contribution in [1.82, 2.24) is 0 Å². The Balaban J connectivity index is 1.83. The van der Waals surface area contributed by atoms with Crippen LogP contribution in [0.15, 0.2) is 0 Å². The van der Waals surface area contributed by atoms with Gasteiger partial charge in [-0.25, -0.2) is 0 Å². The van der Waals surface area contributed by atoms with E-state index in [4.69, 9.17) is 4.74 Å². The van der Waals surface area contributed by atoms with Gasteiger partial charge in [0, 0.05) is 6.61 Å². The van der Waals surface area contributed by atoms with E-state index in [1.165, 1.54) is 44.9 Å². The monoisotopic (exact) mass is 167 g/mol. The first kappa shape index (κ1) is 8.55. The van der Waals surface area contributed by atoms with Crippen LogP contribution in [0.2, 0.25) is 0 Å². The van der Waals surface area contributed by atoms with Gasteiger partial charge in [0.25, 0.3) is 0 Å². The predicted octanol–water partition coefficient (Wildman–Crippen LogP) is 2.95. The van der Waals surface area contributed by atoms with Crippen molar-refractivity contribution in [2.75, 3.05) is 6.61 Å². The molecule has 1 aliphatic carbocycles. The fourth-order valence-electron chi connectivity index (χ4n) is 2.47. The summed E-state index contributed by atoms with van der Waals surface area (Å²) in [5, 5.41) is 0. The second-order valence-corrected chi connectivity index (χ2v) is 4.11. The van der Waals surface area contributed by atoms with E-state index < -0.39 is 0 Å². The van der Waals surface area contributed by atoms with Crippen LogP contribution in [-0.2, 0) is 4.74 Å². The maximum absolute atomic E-state index is 5.69. The van der Waals surface area contributed by atoms with Gasteiger partial charge in [0.05, 0.1) is 6.10 Å². The van der Waals surface area contributed by atoms with Crippen LogP contribution in [0.4, 0.5) is 0 Å². The Kier molecular flexibility index (Phi) is 3.04. The summed E-state index contributed by atoms with van der Waals surface area (Å²) in [4.78, 5) is 0. The van der Waals surface area contributed by atoms with Gasteiger partial charge >= 0.3 is 0 Å². The highest BCUT2D eigenvalue weighted by Gasteiger charge is 2.26. The number of hydrogen-bond donors (Lipinski definition) is 0. The van der Waals surface area contributed by atoms with Crippen LogP contribution in [0.25, 0.3) is 0 Å². The lowest BCUT2D eigenvalue weighted by atomic mass is 9.92. The highest BCUT2D eigenvalue weighted by atomic mass is 16.5. The molecule has 0 aromatic heterocycles. The highest BCUT2D eigenvalue weighted by molar-refractivity contribution is 4.88. The third-order valence-electron chi connectivity index (χ3n) is 3.19. The van der Waals surface area contributed by atoms with E-state index in [1.54, 1.807) is 0 Å². The summed E-state index contributed by atoms with van der Waals surface area (Å²) >= 11 is 0. The van der Waals surface area contributed by atoms with Gasteiger partial charge in [0.15, 0.2) is 0 Å². The summed E-state index contributed by atoms with van der Waals surface area (Å²) in [5.74, 6) is 0.856. The summed E-state index contributed by atoms with van der Waals surface area (Å²) in [6.07, 6.45) is 12.6. The van der Waals surface area contributed by atoms with Gasteiger partial charge < -0.3 is 4.74 Å². The lowest BCUT2D eigenvalue weighted by Crippen LogP contribution is -2.19. The van der Waals surface area contributed by atoms with Gasteiger partial charge in [-0.2, -0.15) is 0 Å². The topological polar surface area (TPSA) is 9.23 Å². The van der Waals surface area contributed by atoms with Crippen LogP contribution in [0, 0.1) is 12.3 Å². The largest absolute Gasteiger partial charge is 0.378 e. The van der Waals surface area contributed by atoms with Crippen molar-refractivity contribution < 1.29 is 4.74 Å². The molecule has 0 amide bonds. The third-order valence-corrected chi connectivity index (χ3v) is 3.19. The fraction of sp³-hybridized carbons (Fsp3) is 0.909. The van der Waals surface area contributed by atoms with Crippen molar-refractivity contribution in [3.05, 3.63) is 6.42 Å². The van der Waals surface area contributed by atoms with Gasteiger partial charge in [-0.1, -0.05) is 25.7 Å². The molecule has 2 aliphatic rings. The molecule has 2 fully saturated rings. The molecule has 0 aromatic rings. The van der Waals surface area contributed by atoms with Gasteiger partial charge in [0.1, 0.15) is 0 Å². The molecule has 1 heterocycles. The molecule has 2 rings (SSSR count). The molecule has 1 aliphatic heterocycles. The molecule has 1 heteroatoms. The standard InChI is InChI=1S/C11H19O/c1-2-4-7-10(6-3-1)11-8-5-9-12-11/h8,10-11H,1-7,9H2. The molecule has 1 saturated heterocycles. The molecule has 0 aromatic carbocycles. The fourth-order valence-corrected chi connectivity index (χ4v) is 2.47. The molecule has 1 unspecified atom stereocenters. The molecule has 0 bridgehead atoms. The van der Waals surface area contributed by atoms with Gasteiger partial charge in [-0.15, -0.1) is 0 Å². The Bertz CT molecular complexity index is 119. The maximum Gasteiger partial charge on any atom is 0.0635 e. The molecule has 12 heavy (non-hydrogen) atoms. The first-order valence-electron chi connectivity index (χ1n) is 5.42. The lowest BCUT2D eigenvalue weighted by Gasteiger charge is -2.20. The van der Waals surface area contributed by atoms with Crippen molar-refractivity contribution in [3.8, 4) is 0 Å². The molecule has 69 valence electrons. The normalized spacial score (nSPS) is 33.5. The quantitative estimate of drug-likeness (QED) is 0.546. The van der Waals surface area contributed by atoms with Gasteiger partial charge in [-0.3, -0.25) is 0 Å². The minimum atomic E-state index is 0.517. The predicted molar refractivity (Wildman–Crippen MR) is 49.8 cm³/mol. The summed E-state index contributed by atoms with van der Waals surface area (Å²) in [5.41, 5.74) is 0. The smallest absolute Gasteiger partial charge is 0.0635 e. The molecule has 1 saturated carbocycles. The molecule has 1 nitrogen and oxygen atoms in total. The van der Waals surface area contributed by atoms with E-state index in [0.29, 0.717) is 6.10 Å². The second-order valence-electron chi connectivity index (χ2n) is 4.11. The highest BCUT2D eigenvalue weighted by Crippen LogP contribution is 2.30. The number of rotatable bonds is 1. The van der Waals surface area contributed by atoms with Crippen LogP contribution in [0.3, 0.4) is 0 Å². The van der Waals surface area contributed by atoms with E-state index in [1.807, 2.05) is 0 Å². The molecule has 0 N–H and O–H groups in total. The molecule has 1 radical (unpaired) electrons. The zero-order valence-corrected chi connectivity index (χ0v) is 7.80. The summed E-state index contributed by atoms with van der Waals surface area (Å²) in [6.45, 7) is 0.973. The van der Waals surface area contributed by atoms with Crippen molar-refractivity contribution in [2.24, 2.45) is 5.92 Å². The van der Waals surface area contributed by atoms with Crippen LogP contribution in [-0.4, -0.2) is 12.7 Å². The maximum atomic E-state index is 5.69. The Labute approximate surface area is 75.5 Å². The lowest BCUT2D eigenvalue weighted by molar-refractivity contribution is 0.0708. The van der Waals surface area contributed by atoms with E-state index in [9.17, 15) is 0 Å². The average Bonchev–Trinajstić information content (AvgIpc) is 2.48. The second kappa shape index (κ2) is 4.27. The van der Waals surface area contributed by atoms with Crippen LogP contribution in [0.5, 0.6) is 0 Å². The molecular weight excluding hydrogens is 148 g/mol. The van der Waals surface area contributed by atoms with E-state index in [-0.39, 0.29) is 0 Å². The number of ether oxygens (including phenoxy) is 1. The van der Waals surface area contributed by atoms with E-state index >= 15 is 0 Å². The summed E-state index contributed by atoms with van der Waals surface area (Å²) < 4.78 is 5.69. The first-order valence-corrected chi connectivity index (χ1v) is 5.42. The Morgan fingerprint density at radius 1 is 1.00 bits per heavy atom. The Hall–Kier alpha value is -0.0400. The summed E-state index contributed by atoms with van der Waals surface area (Å²) in [6, 6.07) is 0. The molecular formula is C11H19O. The number of hydrogen-bond acceptors (Lipinski definition) is 1. The zero-order valence-electron chi connectivity index (χ0n) is 7.80. The van der Waals surface area contributed by atoms with Crippen molar-refractivity contribution in [1.29, 1.82) is 0 Å². The Morgan fingerprint density at radius 3 is 2.33 bits per heavy atom. The third kappa shape index (κ3) is 2.01. The SMILES string of the molecule is [CH]1CCOC1C1CCCCCC1. The van der Waals surface area contributed by atoms with Crippen molar-refractivity contribution >= 4 is 0 Å². The molecule has 1 atom stereocenters.